The number of para-hydroxylation sites is 1. The molecule has 0 amide bonds. The minimum atomic E-state index is -0.175. The number of aromatic nitrogens is 1. The van der Waals surface area contributed by atoms with E-state index in [0.717, 1.165) is 5.39 Å². The molecule has 0 saturated carbocycles. The van der Waals surface area contributed by atoms with E-state index in [2.05, 4.69) is 5.32 Å². The Morgan fingerprint density at radius 2 is 2.05 bits per heavy atom. The van der Waals surface area contributed by atoms with Gasteiger partial charge in [0.1, 0.15) is 10.4 Å². The summed E-state index contributed by atoms with van der Waals surface area (Å²) in [4.78, 5) is 12.3. The molecule has 2 N–H and O–H groups in total. The summed E-state index contributed by atoms with van der Waals surface area (Å²) in [5.41, 5.74) is 0.463. The van der Waals surface area contributed by atoms with Crippen molar-refractivity contribution in [2.24, 2.45) is 0 Å². The monoisotopic (exact) mass is 312 g/mol. The van der Waals surface area contributed by atoms with Crippen molar-refractivity contribution in [3.05, 3.63) is 35.0 Å². The highest BCUT2D eigenvalue weighted by Gasteiger charge is 2.12. The lowest BCUT2D eigenvalue weighted by Crippen LogP contribution is -2.32. The molecule has 6 heteroatoms. The van der Waals surface area contributed by atoms with Crippen LogP contribution in [0.1, 0.15) is 18.6 Å². The minimum Gasteiger partial charge on any atom is -0.506 e. The number of hydrogen-bond acceptors (Lipinski definition) is 4. The largest absolute Gasteiger partial charge is 0.506 e. The lowest BCUT2D eigenvalue weighted by Gasteiger charge is -2.13. The molecular weight excluding hydrogens is 296 g/mol. The molecule has 108 valence electrons. The van der Waals surface area contributed by atoms with Gasteiger partial charge in [0.25, 0.3) is 0 Å². The van der Waals surface area contributed by atoms with Gasteiger partial charge in [0.05, 0.1) is 12.1 Å². The van der Waals surface area contributed by atoms with Crippen molar-refractivity contribution in [2.75, 3.05) is 6.54 Å². The van der Waals surface area contributed by atoms with Crippen LogP contribution in [-0.2, 0) is 0 Å². The highest BCUT2D eigenvalue weighted by Crippen LogP contribution is 2.24. The molecule has 4 nitrogen and oxygen atoms in total. The molecule has 0 unspecified atom stereocenters. The third-order valence-electron chi connectivity index (χ3n) is 2.81. The molecule has 2 rings (SSSR count). The second-order valence-electron chi connectivity index (χ2n) is 4.65. The first-order chi connectivity index (χ1) is 9.00. The zero-order valence-electron chi connectivity index (χ0n) is 11.3. The molecule has 0 spiro atoms. The maximum Gasteiger partial charge on any atom is 0.246 e. The summed E-state index contributed by atoms with van der Waals surface area (Å²) in [5, 5.41) is 13.8. The maximum atomic E-state index is 12.3. The third kappa shape index (κ3) is 3.36. The van der Waals surface area contributed by atoms with Gasteiger partial charge in [-0.05, 0) is 18.2 Å². The fourth-order valence-corrected chi connectivity index (χ4v) is 2.15. The summed E-state index contributed by atoms with van der Waals surface area (Å²) >= 11 is 5.20. The smallest absolute Gasteiger partial charge is 0.246 e. The SMILES string of the molecule is CC(C)NCC(=O)n1c(=S)ccc2cccc(O)c21.Cl. The number of phenols is 1. The molecule has 1 aromatic carbocycles. The molecule has 2 aromatic rings. The van der Waals surface area contributed by atoms with E-state index in [9.17, 15) is 9.90 Å². The number of carbonyl (C=O) groups is 1. The molecule has 0 bridgehead atoms. The van der Waals surface area contributed by atoms with Gasteiger partial charge in [-0.2, -0.15) is 0 Å². The Balaban J connectivity index is 0.00000200. The first kappa shape index (κ1) is 16.6. The highest BCUT2D eigenvalue weighted by molar-refractivity contribution is 7.71. The Bertz CT molecular complexity index is 682. The Morgan fingerprint density at radius 3 is 2.70 bits per heavy atom. The normalized spacial score (nSPS) is 10.6. The first-order valence-corrected chi connectivity index (χ1v) is 6.52. The van der Waals surface area contributed by atoms with Crippen molar-refractivity contribution in [1.29, 1.82) is 0 Å². The molecule has 1 aromatic heterocycles. The fourth-order valence-electron chi connectivity index (χ4n) is 1.89. The maximum absolute atomic E-state index is 12.3. The van der Waals surface area contributed by atoms with Crippen molar-refractivity contribution >= 4 is 41.4 Å². The van der Waals surface area contributed by atoms with Crippen molar-refractivity contribution in [3.63, 3.8) is 0 Å². The van der Waals surface area contributed by atoms with Crippen LogP contribution in [0.15, 0.2) is 30.3 Å². The zero-order valence-corrected chi connectivity index (χ0v) is 12.9. The quantitative estimate of drug-likeness (QED) is 0.855. The number of fused-ring (bicyclic) bond motifs is 1. The molecule has 0 fully saturated rings. The third-order valence-corrected chi connectivity index (χ3v) is 3.12. The molecule has 0 aliphatic carbocycles. The molecule has 1 heterocycles. The van der Waals surface area contributed by atoms with Crippen LogP contribution in [0.5, 0.6) is 5.75 Å². The van der Waals surface area contributed by atoms with Crippen LogP contribution in [-0.4, -0.2) is 28.2 Å². The van der Waals surface area contributed by atoms with Gasteiger partial charge in [0.2, 0.25) is 5.91 Å². The van der Waals surface area contributed by atoms with E-state index in [1.807, 2.05) is 19.9 Å². The van der Waals surface area contributed by atoms with Gasteiger partial charge in [-0.15, -0.1) is 12.4 Å². The van der Waals surface area contributed by atoms with Crippen LogP contribution in [0.4, 0.5) is 0 Å². The summed E-state index contributed by atoms with van der Waals surface area (Å²) in [6.45, 7) is 4.11. The molecule has 0 aliphatic rings. The van der Waals surface area contributed by atoms with E-state index < -0.39 is 0 Å². The standard InChI is InChI=1S/C14H16N2O2S.ClH/c1-9(2)15-8-12(18)16-13(19)7-6-10-4-3-5-11(17)14(10)16;/h3-7,9,15,17H,8H2,1-2H3;1H. The van der Waals surface area contributed by atoms with Gasteiger partial charge >= 0.3 is 0 Å². The van der Waals surface area contributed by atoms with E-state index in [1.165, 1.54) is 4.57 Å². The molecule has 0 atom stereocenters. The molecule has 0 aliphatic heterocycles. The van der Waals surface area contributed by atoms with Gasteiger partial charge in [0.15, 0.2) is 0 Å². The van der Waals surface area contributed by atoms with Gasteiger partial charge in [-0.1, -0.05) is 38.2 Å². The second-order valence-corrected chi connectivity index (χ2v) is 5.07. The van der Waals surface area contributed by atoms with Crippen molar-refractivity contribution in [3.8, 4) is 5.75 Å². The molecule has 20 heavy (non-hydrogen) atoms. The molecular formula is C14H17ClN2O2S. The number of aromatic hydroxyl groups is 1. The summed E-state index contributed by atoms with van der Waals surface area (Å²) < 4.78 is 1.78. The van der Waals surface area contributed by atoms with Gasteiger partial charge in [-0.3, -0.25) is 9.36 Å². The Kier molecular flexibility index (Phi) is 5.68. The lowest BCUT2D eigenvalue weighted by atomic mass is 10.2. The lowest BCUT2D eigenvalue weighted by molar-refractivity contribution is 0.0912. The number of carbonyl (C=O) groups excluding carboxylic acids is 1. The van der Waals surface area contributed by atoms with Crippen molar-refractivity contribution in [1.82, 2.24) is 9.88 Å². The number of rotatable bonds is 3. The number of benzene rings is 1. The Morgan fingerprint density at radius 1 is 1.35 bits per heavy atom. The summed E-state index contributed by atoms with van der Waals surface area (Å²) in [6.07, 6.45) is 0. The highest BCUT2D eigenvalue weighted by atomic mass is 35.5. The summed E-state index contributed by atoms with van der Waals surface area (Å²) in [7, 11) is 0. The van der Waals surface area contributed by atoms with Crippen molar-refractivity contribution < 1.29 is 9.90 Å². The molecule has 0 radical (unpaired) electrons. The van der Waals surface area contributed by atoms with Gasteiger partial charge < -0.3 is 10.4 Å². The van der Waals surface area contributed by atoms with Gasteiger partial charge in [-0.25, -0.2) is 0 Å². The summed E-state index contributed by atoms with van der Waals surface area (Å²) in [6, 6.07) is 8.84. The van der Waals surface area contributed by atoms with Crippen LogP contribution in [0.3, 0.4) is 0 Å². The predicted octanol–water partition coefficient (Wildman–Crippen LogP) is 3.14. The average molecular weight is 313 g/mol. The van der Waals surface area contributed by atoms with Crippen LogP contribution in [0.25, 0.3) is 10.9 Å². The van der Waals surface area contributed by atoms with E-state index in [0.29, 0.717) is 10.2 Å². The minimum absolute atomic E-state index is 0. The van der Waals surface area contributed by atoms with E-state index in [4.69, 9.17) is 12.2 Å². The van der Waals surface area contributed by atoms with E-state index in [-0.39, 0.29) is 36.7 Å². The van der Waals surface area contributed by atoms with Crippen LogP contribution < -0.4 is 5.32 Å². The number of phenolic OH excluding ortho intramolecular Hbond substituents is 1. The van der Waals surface area contributed by atoms with Crippen molar-refractivity contribution in [2.45, 2.75) is 19.9 Å². The van der Waals surface area contributed by atoms with Crippen LogP contribution >= 0.6 is 24.6 Å². The average Bonchev–Trinajstić information content (AvgIpc) is 2.36. The first-order valence-electron chi connectivity index (χ1n) is 6.11. The second kappa shape index (κ2) is 6.83. The number of hydrogen-bond donors (Lipinski definition) is 2. The predicted molar refractivity (Wildman–Crippen MR) is 85.5 cm³/mol. The van der Waals surface area contributed by atoms with Crippen LogP contribution in [0.2, 0.25) is 0 Å². The van der Waals surface area contributed by atoms with E-state index in [1.54, 1.807) is 24.3 Å². The summed E-state index contributed by atoms with van der Waals surface area (Å²) in [5.74, 6) is -0.118. The fraction of sp³-hybridized carbons (Fsp3) is 0.286. The Labute approximate surface area is 128 Å². The topological polar surface area (TPSA) is 54.3 Å². The Hall–Kier alpha value is -1.43. The number of nitrogens with zero attached hydrogens (tertiary/aromatic N) is 1. The number of halogens is 1. The van der Waals surface area contributed by atoms with Gasteiger partial charge in [0, 0.05) is 11.4 Å². The van der Waals surface area contributed by atoms with E-state index >= 15 is 0 Å². The number of pyridine rings is 1. The zero-order chi connectivity index (χ0) is 14.0. The number of nitrogens with one attached hydrogen (secondary N) is 1. The molecule has 0 saturated heterocycles. The van der Waals surface area contributed by atoms with Crippen LogP contribution in [0, 0.1) is 4.64 Å².